The van der Waals surface area contributed by atoms with Gasteiger partial charge in [-0.1, -0.05) is 17.4 Å². The molecule has 2 aromatic carbocycles. The molecule has 45 heavy (non-hydrogen) atoms. The number of methoxy groups -OCH3 is 2. The van der Waals surface area contributed by atoms with Gasteiger partial charge in [0.1, 0.15) is 0 Å². The number of allylic oxidation sites excluding steroid dienone is 1. The van der Waals surface area contributed by atoms with Crippen LogP contribution in [-0.2, 0) is 19.1 Å². The van der Waals surface area contributed by atoms with Gasteiger partial charge in [-0.25, -0.2) is 14.6 Å². The number of thiazole rings is 1. The highest BCUT2D eigenvalue weighted by Crippen LogP contribution is 2.38. The Hall–Kier alpha value is -4.10. The summed E-state index contributed by atoms with van der Waals surface area (Å²) in [7, 11) is 3.01. The summed E-state index contributed by atoms with van der Waals surface area (Å²) < 4.78 is 35.4. The summed E-state index contributed by atoms with van der Waals surface area (Å²) in [6.45, 7) is 9.08. The Morgan fingerprint density at radius 2 is 1.76 bits per heavy atom. The van der Waals surface area contributed by atoms with Gasteiger partial charge in [-0.2, -0.15) is 0 Å². The van der Waals surface area contributed by atoms with Crippen molar-refractivity contribution in [1.29, 1.82) is 0 Å². The van der Waals surface area contributed by atoms with Crippen molar-refractivity contribution in [2.24, 2.45) is 4.99 Å². The molecule has 0 unspecified atom stereocenters. The summed E-state index contributed by atoms with van der Waals surface area (Å²) in [6.07, 6.45) is 1.61. The normalized spacial score (nSPS) is 14.5. The molecular formula is C32H35BrN2O9S. The van der Waals surface area contributed by atoms with Crippen molar-refractivity contribution in [2.45, 2.75) is 46.8 Å². The molecule has 0 fully saturated rings. The lowest BCUT2D eigenvalue weighted by molar-refractivity contribution is -0.145. The van der Waals surface area contributed by atoms with E-state index in [2.05, 4.69) is 20.9 Å². The van der Waals surface area contributed by atoms with Crippen LogP contribution in [0.5, 0.6) is 23.0 Å². The lowest BCUT2D eigenvalue weighted by atomic mass is 9.95. The van der Waals surface area contributed by atoms with Gasteiger partial charge in [0.05, 0.1) is 59.9 Å². The van der Waals surface area contributed by atoms with Crippen LogP contribution in [0.15, 0.2) is 55.9 Å². The summed E-state index contributed by atoms with van der Waals surface area (Å²) in [5, 5.41) is 0. The number of carbonyl (C=O) groups excluding carboxylic acids is 2. The van der Waals surface area contributed by atoms with Gasteiger partial charge in [0.15, 0.2) is 34.4 Å². The predicted octanol–water partition coefficient (Wildman–Crippen LogP) is 4.31. The van der Waals surface area contributed by atoms with Crippen molar-refractivity contribution in [2.75, 3.05) is 34.0 Å². The summed E-state index contributed by atoms with van der Waals surface area (Å²) in [5.41, 5.74) is 1.60. The SMILES string of the molecule is CCOC(=O)COc1c(Br)cc(/C=c2\sc3n(c2=O)[C@@H](c2ccc(OC(C)C)c(OC)c2)C(C(=O)OCC)=C(C)N=3)cc1OC. The van der Waals surface area contributed by atoms with Crippen LogP contribution in [0.3, 0.4) is 0 Å². The van der Waals surface area contributed by atoms with E-state index in [1.54, 1.807) is 57.2 Å². The van der Waals surface area contributed by atoms with Gasteiger partial charge in [0.2, 0.25) is 0 Å². The Kier molecular flexibility index (Phi) is 11.1. The summed E-state index contributed by atoms with van der Waals surface area (Å²) in [6, 6.07) is 7.92. The zero-order valence-corrected chi connectivity index (χ0v) is 28.5. The smallest absolute Gasteiger partial charge is 0.344 e. The number of esters is 2. The Morgan fingerprint density at radius 1 is 1.04 bits per heavy atom. The van der Waals surface area contributed by atoms with Gasteiger partial charge in [0, 0.05) is 0 Å². The second-order valence-electron chi connectivity index (χ2n) is 10.0. The van der Waals surface area contributed by atoms with Crippen molar-refractivity contribution in [3.8, 4) is 23.0 Å². The van der Waals surface area contributed by atoms with Gasteiger partial charge in [-0.05, 0) is 92.0 Å². The Balaban J connectivity index is 1.85. The fourth-order valence-electron chi connectivity index (χ4n) is 4.76. The van der Waals surface area contributed by atoms with Crippen LogP contribution in [0.1, 0.15) is 51.8 Å². The van der Waals surface area contributed by atoms with Gasteiger partial charge in [-0.3, -0.25) is 9.36 Å². The minimum absolute atomic E-state index is 0.0866. The van der Waals surface area contributed by atoms with E-state index in [9.17, 15) is 14.4 Å². The number of rotatable bonds is 12. The maximum absolute atomic E-state index is 14.1. The van der Waals surface area contributed by atoms with Gasteiger partial charge in [0.25, 0.3) is 5.56 Å². The van der Waals surface area contributed by atoms with E-state index in [1.807, 2.05) is 13.8 Å². The molecule has 2 heterocycles. The molecule has 1 atom stereocenters. The molecule has 1 aromatic heterocycles. The molecule has 0 bridgehead atoms. The zero-order chi connectivity index (χ0) is 32.8. The number of nitrogens with zero attached hydrogens (tertiary/aromatic N) is 2. The molecular weight excluding hydrogens is 668 g/mol. The monoisotopic (exact) mass is 702 g/mol. The number of hydrogen-bond donors (Lipinski definition) is 0. The average Bonchev–Trinajstić information content (AvgIpc) is 3.29. The first kappa shape index (κ1) is 33.8. The van der Waals surface area contributed by atoms with E-state index < -0.39 is 18.0 Å². The molecule has 0 saturated heterocycles. The highest BCUT2D eigenvalue weighted by Gasteiger charge is 2.34. The Morgan fingerprint density at radius 3 is 2.40 bits per heavy atom. The Bertz CT molecular complexity index is 1810. The molecule has 13 heteroatoms. The number of carbonyl (C=O) groups is 2. The van der Waals surface area contributed by atoms with Crippen LogP contribution in [0.25, 0.3) is 6.08 Å². The predicted molar refractivity (Wildman–Crippen MR) is 172 cm³/mol. The number of halogens is 1. The minimum Gasteiger partial charge on any atom is -0.493 e. The summed E-state index contributed by atoms with van der Waals surface area (Å²) >= 11 is 4.67. The topological polar surface area (TPSA) is 124 Å². The van der Waals surface area contributed by atoms with Crippen LogP contribution in [0, 0.1) is 0 Å². The molecule has 0 radical (unpaired) electrons. The van der Waals surface area contributed by atoms with E-state index in [-0.39, 0.29) is 37.1 Å². The number of hydrogen-bond acceptors (Lipinski definition) is 11. The molecule has 0 saturated carbocycles. The largest absolute Gasteiger partial charge is 0.493 e. The van der Waals surface area contributed by atoms with Crippen molar-refractivity contribution < 1.29 is 38.0 Å². The zero-order valence-electron chi connectivity index (χ0n) is 26.1. The molecule has 240 valence electrons. The van der Waals surface area contributed by atoms with Crippen LogP contribution < -0.4 is 33.8 Å². The average molecular weight is 704 g/mol. The fraction of sp³-hybridized carbons (Fsp3) is 0.375. The third-order valence-electron chi connectivity index (χ3n) is 6.57. The first-order valence-electron chi connectivity index (χ1n) is 14.2. The van der Waals surface area contributed by atoms with E-state index >= 15 is 0 Å². The standard InChI is InChI=1S/C32H35BrN2O9S/c1-8-41-26(36)16-43-29-21(33)12-19(13-24(29)40-7)14-25-30(37)35-28(20-10-11-22(44-17(3)4)23(15-20)39-6)27(31(38)42-9-2)18(5)34-32(35)45-25/h10-15,17,28H,8-9,16H2,1-7H3/b25-14-/t28-/m0/s1. The third-order valence-corrected chi connectivity index (χ3v) is 8.14. The molecule has 3 aromatic rings. The fourth-order valence-corrected chi connectivity index (χ4v) is 6.38. The highest BCUT2D eigenvalue weighted by atomic mass is 79.9. The van der Waals surface area contributed by atoms with Crippen molar-refractivity contribution in [3.05, 3.63) is 76.9 Å². The Labute approximate surface area is 272 Å². The number of aromatic nitrogens is 1. The van der Waals surface area contributed by atoms with Crippen LogP contribution in [0.4, 0.5) is 0 Å². The van der Waals surface area contributed by atoms with Crippen LogP contribution in [-0.4, -0.2) is 56.6 Å². The molecule has 1 aliphatic heterocycles. The second kappa shape index (κ2) is 14.8. The van der Waals surface area contributed by atoms with E-state index in [4.69, 9.17) is 28.4 Å². The van der Waals surface area contributed by atoms with Gasteiger partial charge >= 0.3 is 11.9 Å². The van der Waals surface area contributed by atoms with E-state index in [1.165, 1.54) is 30.1 Å². The van der Waals surface area contributed by atoms with Crippen molar-refractivity contribution in [1.82, 2.24) is 4.57 Å². The molecule has 0 amide bonds. The van der Waals surface area contributed by atoms with Gasteiger partial charge in [-0.15, -0.1) is 0 Å². The maximum atomic E-state index is 14.1. The molecule has 4 rings (SSSR count). The number of fused-ring (bicyclic) bond motifs is 1. The molecule has 0 spiro atoms. The second-order valence-corrected chi connectivity index (χ2v) is 11.9. The third kappa shape index (κ3) is 7.42. The lowest BCUT2D eigenvalue weighted by Gasteiger charge is -2.25. The van der Waals surface area contributed by atoms with Crippen LogP contribution >= 0.6 is 27.3 Å². The summed E-state index contributed by atoms with van der Waals surface area (Å²) in [5.74, 6) is 0.592. The van der Waals surface area contributed by atoms with Gasteiger partial charge < -0.3 is 28.4 Å². The number of benzene rings is 2. The highest BCUT2D eigenvalue weighted by molar-refractivity contribution is 9.10. The molecule has 11 nitrogen and oxygen atoms in total. The first-order valence-corrected chi connectivity index (χ1v) is 15.8. The lowest BCUT2D eigenvalue weighted by Crippen LogP contribution is -2.40. The van der Waals surface area contributed by atoms with Crippen LogP contribution in [0.2, 0.25) is 0 Å². The quantitative estimate of drug-likeness (QED) is 0.254. The first-order chi connectivity index (χ1) is 21.5. The van der Waals surface area contributed by atoms with Crippen molar-refractivity contribution >= 4 is 45.3 Å². The molecule has 0 N–H and O–H groups in total. The van der Waals surface area contributed by atoms with E-state index in [0.29, 0.717) is 53.6 Å². The number of ether oxygens (including phenoxy) is 6. The van der Waals surface area contributed by atoms with Crippen molar-refractivity contribution in [3.63, 3.8) is 0 Å². The minimum atomic E-state index is -0.829. The molecule has 1 aliphatic rings. The maximum Gasteiger partial charge on any atom is 0.344 e. The molecule has 0 aliphatic carbocycles. The van der Waals surface area contributed by atoms with E-state index in [0.717, 1.165) is 0 Å². The summed E-state index contributed by atoms with van der Waals surface area (Å²) in [4.78, 5) is 44.2.